The summed E-state index contributed by atoms with van der Waals surface area (Å²) in [5, 5.41) is 3.53. The van der Waals surface area contributed by atoms with Gasteiger partial charge in [0.25, 0.3) is 0 Å². The number of hydrogen-bond acceptors (Lipinski definition) is 3. The number of nitrogens with zero attached hydrogens (tertiary/aromatic N) is 1. The molecule has 0 aromatic heterocycles. The van der Waals surface area contributed by atoms with Crippen LogP contribution in [0.25, 0.3) is 0 Å². The summed E-state index contributed by atoms with van der Waals surface area (Å²) in [4.78, 5) is 2.49. The normalized spacial score (nSPS) is 16.8. The van der Waals surface area contributed by atoms with Crippen LogP contribution in [0, 0.1) is 0 Å². The number of benzene rings is 1. The SMILES string of the molecule is CC(C)c1ccc(CNCCCN2CCOCC2)cc1. The maximum atomic E-state index is 5.35. The Labute approximate surface area is 123 Å². The molecule has 0 saturated carbocycles. The van der Waals surface area contributed by atoms with E-state index in [0.29, 0.717) is 5.92 Å². The van der Waals surface area contributed by atoms with Crippen molar-refractivity contribution in [2.75, 3.05) is 39.4 Å². The summed E-state index contributed by atoms with van der Waals surface area (Å²) in [6.45, 7) is 11.7. The molecular weight excluding hydrogens is 248 g/mol. The minimum Gasteiger partial charge on any atom is -0.379 e. The average Bonchev–Trinajstić information content (AvgIpc) is 2.48. The number of rotatable bonds is 7. The van der Waals surface area contributed by atoms with Gasteiger partial charge in [0.15, 0.2) is 0 Å². The topological polar surface area (TPSA) is 24.5 Å². The monoisotopic (exact) mass is 276 g/mol. The highest BCUT2D eigenvalue weighted by atomic mass is 16.5. The molecule has 0 spiro atoms. The molecule has 112 valence electrons. The highest BCUT2D eigenvalue weighted by Crippen LogP contribution is 2.14. The Kier molecular flexibility index (Phi) is 6.51. The van der Waals surface area contributed by atoms with Gasteiger partial charge in [0.2, 0.25) is 0 Å². The second-order valence-corrected chi connectivity index (χ2v) is 5.88. The van der Waals surface area contributed by atoms with Crippen molar-refractivity contribution >= 4 is 0 Å². The van der Waals surface area contributed by atoms with Crippen LogP contribution in [0.1, 0.15) is 37.3 Å². The van der Waals surface area contributed by atoms with Crippen LogP contribution in [0.15, 0.2) is 24.3 Å². The predicted molar refractivity (Wildman–Crippen MR) is 84.1 cm³/mol. The van der Waals surface area contributed by atoms with Crippen molar-refractivity contribution in [3.05, 3.63) is 35.4 Å². The lowest BCUT2D eigenvalue weighted by Gasteiger charge is -2.26. The van der Waals surface area contributed by atoms with Crippen molar-refractivity contribution in [3.63, 3.8) is 0 Å². The number of ether oxygens (including phenoxy) is 1. The zero-order valence-electron chi connectivity index (χ0n) is 12.9. The molecule has 0 unspecified atom stereocenters. The molecule has 1 N–H and O–H groups in total. The zero-order valence-corrected chi connectivity index (χ0v) is 12.9. The van der Waals surface area contributed by atoms with Crippen molar-refractivity contribution in [1.82, 2.24) is 10.2 Å². The Bertz CT molecular complexity index is 369. The Hall–Kier alpha value is -0.900. The molecule has 0 radical (unpaired) electrons. The Balaban J connectivity index is 1.58. The van der Waals surface area contributed by atoms with Crippen LogP contribution in [-0.4, -0.2) is 44.3 Å². The largest absolute Gasteiger partial charge is 0.379 e. The zero-order chi connectivity index (χ0) is 14.2. The lowest BCUT2D eigenvalue weighted by molar-refractivity contribution is 0.0374. The molecule has 1 aromatic carbocycles. The predicted octanol–water partition coefficient (Wildman–Crippen LogP) is 2.62. The van der Waals surface area contributed by atoms with Gasteiger partial charge in [-0.3, -0.25) is 4.90 Å². The first kappa shape index (κ1) is 15.5. The summed E-state index contributed by atoms with van der Waals surface area (Å²) in [6, 6.07) is 8.97. The fourth-order valence-electron chi connectivity index (χ4n) is 2.51. The minimum atomic E-state index is 0.616. The van der Waals surface area contributed by atoms with E-state index in [0.717, 1.165) is 39.4 Å². The van der Waals surface area contributed by atoms with Crippen LogP contribution in [0.2, 0.25) is 0 Å². The molecule has 1 fully saturated rings. The fourth-order valence-corrected chi connectivity index (χ4v) is 2.51. The van der Waals surface area contributed by atoms with Crippen LogP contribution < -0.4 is 5.32 Å². The third kappa shape index (κ3) is 5.23. The van der Waals surface area contributed by atoms with E-state index in [1.807, 2.05) is 0 Å². The Morgan fingerprint density at radius 2 is 1.85 bits per heavy atom. The van der Waals surface area contributed by atoms with Crippen molar-refractivity contribution in [1.29, 1.82) is 0 Å². The third-order valence-electron chi connectivity index (χ3n) is 3.91. The van der Waals surface area contributed by atoms with E-state index in [4.69, 9.17) is 4.74 Å². The van der Waals surface area contributed by atoms with Crippen molar-refractivity contribution in [2.45, 2.75) is 32.7 Å². The van der Waals surface area contributed by atoms with Gasteiger partial charge in [-0.15, -0.1) is 0 Å². The van der Waals surface area contributed by atoms with E-state index >= 15 is 0 Å². The molecule has 1 aliphatic heterocycles. The molecule has 1 heterocycles. The van der Waals surface area contributed by atoms with Gasteiger partial charge in [0.1, 0.15) is 0 Å². The molecule has 0 bridgehead atoms. The third-order valence-corrected chi connectivity index (χ3v) is 3.91. The van der Waals surface area contributed by atoms with Gasteiger partial charge in [-0.25, -0.2) is 0 Å². The minimum absolute atomic E-state index is 0.616. The lowest BCUT2D eigenvalue weighted by atomic mass is 10.0. The highest BCUT2D eigenvalue weighted by Gasteiger charge is 2.08. The number of hydrogen-bond donors (Lipinski definition) is 1. The standard InChI is InChI=1S/C17H28N2O/c1-15(2)17-6-4-16(5-7-17)14-18-8-3-9-19-10-12-20-13-11-19/h4-7,15,18H,3,8-14H2,1-2H3. The lowest BCUT2D eigenvalue weighted by Crippen LogP contribution is -2.37. The first-order chi connectivity index (χ1) is 9.75. The van der Waals surface area contributed by atoms with E-state index in [1.54, 1.807) is 0 Å². The van der Waals surface area contributed by atoms with Gasteiger partial charge in [0, 0.05) is 19.6 Å². The molecule has 0 amide bonds. The molecule has 2 rings (SSSR count). The van der Waals surface area contributed by atoms with E-state index in [1.165, 1.54) is 24.1 Å². The van der Waals surface area contributed by atoms with Gasteiger partial charge >= 0.3 is 0 Å². The Morgan fingerprint density at radius 3 is 2.50 bits per heavy atom. The molecular formula is C17H28N2O. The van der Waals surface area contributed by atoms with E-state index in [2.05, 4.69) is 48.3 Å². The highest BCUT2D eigenvalue weighted by molar-refractivity contribution is 5.24. The maximum Gasteiger partial charge on any atom is 0.0594 e. The number of morpholine rings is 1. The fraction of sp³-hybridized carbons (Fsp3) is 0.647. The van der Waals surface area contributed by atoms with Crippen LogP contribution in [-0.2, 0) is 11.3 Å². The second-order valence-electron chi connectivity index (χ2n) is 5.88. The number of nitrogens with one attached hydrogen (secondary N) is 1. The van der Waals surface area contributed by atoms with Crippen molar-refractivity contribution in [3.8, 4) is 0 Å². The average molecular weight is 276 g/mol. The van der Waals surface area contributed by atoms with Gasteiger partial charge in [-0.05, 0) is 36.6 Å². The maximum absolute atomic E-state index is 5.35. The summed E-state index contributed by atoms with van der Waals surface area (Å²) >= 11 is 0. The smallest absolute Gasteiger partial charge is 0.0594 e. The Morgan fingerprint density at radius 1 is 1.15 bits per heavy atom. The molecule has 0 atom stereocenters. The molecule has 3 heteroatoms. The summed E-state index contributed by atoms with van der Waals surface area (Å²) < 4.78 is 5.35. The van der Waals surface area contributed by atoms with Gasteiger partial charge in [0.05, 0.1) is 13.2 Å². The van der Waals surface area contributed by atoms with E-state index in [9.17, 15) is 0 Å². The summed E-state index contributed by atoms with van der Waals surface area (Å²) in [7, 11) is 0. The van der Waals surface area contributed by atoms with E-state index < -0.39 is 0 Å². The van der Waals surface area contributed by atoms with Crippen LogP contribution in [0.3, 0.4) is 0 Å². The van der Waals surface area contributed by atoms with Gasteiger partial charge < -0.3 is 10.1 Å². The molecule has 20 heavy (non-hydrogen) atoms. The first-order valence-electron chi connectivity index (χ1n) is 7.85. The van der Waals surface area contributed by atoms with Gasteiger partial charge in [-0.1, -0.05) is 38.1 Å². The molecule has 3 nitrogen and oxygen atoms in total. The quantitative estimate of drug-likeness (QED) is 0.775. The summed E-state index contributed by atoms with van der Waals surface area (Å²) in [6.07, 6.45) is 1.21. The molecule has 0 aliphatic carbocycles. The summed E-state index contributed by atoms with van der Waals surface area (Å²) in [5.41, 5.74) is 2.79. The molecule has 1 aliphatic rings. The summed E-state index contributed by atoms with van der Waals surface area (Å²) in [5.74, 6) is 0.616. The van der Waals surface area contributed by atoms with Crippen molar-refractivity contribution in [2.24, 2.45) is 0 Å². The first-order valence-corrected chi connectivity index (χ1v) is 7.85. The van der Waals surface area contributed by atoms with Crippen LogP contribution in [0.4, 0.5) is 0 Å². The van der Waals surface area contributed by atoms with Crippen molar-refractivity contribution < 1.29 is 4.74 Å². The van der Waals surface area contributed by atoms with Crippen LogP contribution in [0.5, 0.6) is 0 Å². The second kappa shape index (κ2) is 8.40. The van der Waals surface area contributed by atoms with Gasteiger partial charge in [-0.2, -0.15) is 0 Å². The van der Waals surface area contributed by atoms with E-state index in [-0.39, 0.29) is 0 Å². The van der Waals surface area contributed by atoms with Crippen LogP contribution >= 0.6 is 0 Å². The molecule has 1 saturated heterocycles. The molecule has 1 aromatic rings.